The van der Waals surface area contributed by atoms with Crippen LogP contribution in [-0.2, 0) is 4.79 Å². The van der Waals surface area contributed by atoms with E-state index in [1.165, 1.54) is 17.3 Å². The Morgan fingerprint density at radius 2 is 2.00 bits per heavy atom. The number of carbonyl (C=O) groups is 1. The number of hydrogen-bond acceptors (Lipinski definition) is 6. The number of fused-ring (bicyclic) bond motifs is 1. The molecule has 1 aromatic carbocycles. The molecule has 1 unspecified atom stereocenters. The number of anilines is 3. The van der Waals surface area contributed by atoms with Gasteiger partial charge in [-0.1, -0.05) is 0 Å². The third-order valence-electron chi connectivity index (χ3n) is 5.28. The predicted molar refractivity (Wildman–Crippen MR) is 116 cm³/mol. The van der Waals surface area contributed by atoms with Crippen molar-refractivity contribution in [1.82, 2.24) is 9.97 Å². The molecule has 1 aliphatic heterocycles. The van der Waals surface area contributed by atoms with Gasteiger partial charge in [-0.2, -0.15) is 0 Å². The van der Waals surface area contributed by atoms with Crippen LogP contribution in [0.3, 0.4) is 0 Å². The van der Waals surface area contributed by atoms with Crippen molar-refractivity contribution in [3.8, 4) is 0 Å². The number of nitrogens with zero attached hydrogens (tertiary/aromatic N) is 3. The van der Waals surface area contributed by atoms with Gasteiger partial charge in [0.2, 0.25) is 0 Å². The average Bonchev–Trinajstić information content (AvgIpc) is 3.15. The van der Waals surface area contributed by atoms with Crippen LogP contribution in [0.5, 0.6) is 0 Å². The number of hydrogen-bond donors (Lipinski definition) is 4. The Labute approximate surface area is 185 Å². The molecule has 2 aromatic heterocycles. The van der Waals surface area contributed by atoms with Crippen LogP contribution in [0.25, 0.3) is 10.9 Å². The number of piperidine rings is 1. The van der Waals surface area contributed by atoms with Crippen molar-refractivity contribution < 1.29 is 22.4 Å². The van der Waals surface area contributed by atoms with Crippen LogP contribution in [0, 0.1) is 17.5 Å². The van der Waals surface area contributed by atoms with Crippen LogP contribution in [0.4, 0.5) is 34.8 Å². The van der Waals surface area contributed by atoms with E-state index in [4.69, 9.17) is 11.6 Å². The van der Waals surface area contributed by atoms with Crippen molar-refractivity contribution in [3.63, 3.8) is 0 Å². The van der Waals surface area contributed by atoms with Gasteiger partial charge in [-0.3, -0.25) is 9.80 Å². The number of nitrogens with two attached hydrogens (primary N) is 2. The molecule has 4 rings (SSSR count). The molecule has 1 saturated heterocycles. The summed E-state index contributed by atoms with van der Waals surface area (Å²) < 4.78 is 55.1. The number of halogens is 4. The van der Waals surface area contributed by atoms with Gasteiger partial charge in [0.15, 0.2) is 23.3 Å². The Morgan fingerprint density at radius 1 is 1.24 bits per heavy atom. The molecule has 0 spiro atoms. The quantitative estimate of drug-likeness (QED) is 0.200. The summed E-state index contributed by atoms with van der Waals surface area (Å²) in [6.07, 6.45) is 3.68. The van der Waals surface area contributed by atoms with Gasteiger partial charge in [-0.05, 0) is 18.9 Å². The Bertz CT molecular complexity index is 1230. The monoisotopic (exact) mass is 463 g/mol. The molecule has 0 bridgehead atoms. The topological polar surface area (TPSA) is 116 Å². The zero-order valence-corrected chi connectivity index (χ0v) is 17.3. The van der Waals surface area contributed by atoms with Gasteiger partial charge in [0.25, 0.3) is 5.91 Å². The minimum absolute atomic E-state index is 0.0206. The summed E-state index contributed by atoms with van der Waals surface area (Å²) >= 11 is 0. The molecule has 0 saturated carbocycles. The highest BCUT2D eigenvalue weighted by Crippen LogP contribution is 2.27. The fourth-order valence-electron chi connectivity index (χ4n) is 3.61. The van der Waals surface area contributed by atoms with Gasteiger partial charge < -0.3 is 20.9 Å². The summed E-state index contributed by atoms with van der Waals surface area (Å²) in [6.45, 7) is 0.556. The van der Waals surface area contributed by atoms with E-state index in [1.54, 1.807) is 0 Å². The summed E-state index contributed by atoms with van der Waals surface area (Å²) in [4.78, 5) is 20.7. The highest BCUT2D eigenvalue weighted by Gasteiger charge is 2.23. The zero-order valence-electron chi connectivity index (χ0n) is 17.3. The van der Waals surface area contributed by atoms with Crippen LogP contribution in [0.2, 0.25) is 0 Å². The normalized spacial score (nSPS) is 16.8. The van der Waals surface area contributed by atoms with E-state index in [0.29, 0.717) is 19.4 Å². The number of pyridine rings is 1. The average molecular weight is 463 g/mol. The van der Waals surface area contributed by atoms with Crippen LogP contribution in [0.1, 0.15) is 12.8 Å². The Balaban J connectivity index is 1.47. The van der Waals surface area contributed by atoms with E-state index in [1.807, 2.05) is 0 Å². The SMILES string of the molecule is N/C(=C\N(N)c1cnc(N2CCCC(F)C2)c(F)c1)C(=O)Nc1c[nH]c2cc(F)c(F)cc12. The molecule has 174 valence electrons. The van der Waals surface area contributed by atoms with Crippen molar-refractivity contribution in [2.75, 3.05) is 28.3 Å². The minimum Gasteiger partial charge on any atom is -0.393 e. The molecule has 1 amide bonds. The molecular weight excluding hydrogens is 442 g/mol. The lowest BCUT2D eigenvalue weighted by Gasteiger charge is -2.30. The maximum absolute atomic E-state index is 14.6. The van der Waals surface area contributed by atoms with Gasteiger partial charge in [-0.15, -0.1) is 0 Å². The first kappa shape index (κ1) is 22.4. The first-order chi connectivity index (χ1) is 15.7. The molecule has 1 atom stereocenters. The second kappa shape index (κ2) is 8.98. The number of benzene rings is 1. The van der Waals surface area contributed by atoms with Gasteiger partial charge >= 0.3 is 0 Å². The largest absolute Gasteiger partial charge is 0.393 e. The third-order valence-corrected chi connectivity index (χ3v) is 5.28. The molecule has 33 heavy (non-hydrogen) atoms. The Kier molecular flexibility index (Phi) is 6.09. The van der Waals surface area contributed by atoms with Crippen molar-refractivity contribution in [2.24, 2.45) is 11.6 Å². The van der Waals surface area contributed by atoms with Crippen LogP contribution in [-0.4, -0.2) is 35.1 Å². The van der Waals surface area contributed by atoms with E-state index in [2.05, 4.69) is 15.3 Å². The molecule has 1 aliphatic rings. The third kappa shape index (κ3) is 4.70. The van der Waals surface area contributed by atoms with Crippen molar-refractivity contribution in [2.45, 2.75) is 19.0 Å². The van der Waals surface area contributed by atoms with Gasteiger partial charge in [0.1, 0.15) is 11.9 Å². The van der Waals surface area contributed by atoms with Gasteiger partial charge in [-0.25, -0.2) is 28.4 Å². The molecule has 3 aromatic rings. The van der Waals surface area contributed by atoms with Crippen LogP contribution >= 0.6 is 0 Å². The van der Waals surface area contributed by atoms with Crippen LogP contribution in [0.15, 0.2) is 42.5 Å². The van der Waals surface area contributed by atoms with Crippen molar-refractivity contribution >= 4 is 34.0 Å². The first-order valence-corrected chi connectivity index (χ1v) is 10.1. The Morgan fingerprint density at radius 3 is 2.73 bits per heavy atom. The molecule has 12 heteroatoms. The number of hydrazine groups is 1. The number of rotatable bonds is 5. The highest BCUT2D eigenvalue weighted by molar-refractivity contribution is 6.08. The summed E-state index contributed by atoms with van der Waals surface area (Å²) in [5.74, 6) is 2.32. The lowest BCUT2D eigenvalue weighted by molar-refractivity contribution is -0.112. The Hall–Kier alpha value is -3.80. The molecular formula is C21H21F4N7O. The van der Waals surface area contributed by atoms with E-state index < -0.39 is 29.5 Å². The lowest BCUT2D eigenvalue weighted by Crippen LogP contribution is -2.37. The second-order valence-corrected chi connectivity index (χ2v) is 7.64. The molecule has 6 N–H and O–H groups in total. The summed E-state index contributed by atoms with van der Waals surface area (Å²) in [5, 5.41) is 3.62. The lowest BCUT2D eigenvalue weighted by atomic mass is 10.1. The summed E-state index contributed by atoms with van der Waals surface area (Å²) in [5.41, 5.74) is 6.01. The number of alkyl halides is 1. The summed E-state index contributed by atoms with van der Waals surface area (Å²) in [7, 11) is 0. The van der Waals surface area contributed by atoms with Crippen molar-refractivity contribution in [3.05, 3.63) is 59.9 Å². The summed E-state index contributed by atoms with van der Waals surface area (Å²) in [6, 6.07) is 3.00. The molecule has 0 radical (unpaired) electrons. The van der Waals surface area contributed by atoms with E-state index in [-0.39, 0.29) is 40.3 Å². The zero-order chi connectivity index (χ0) is 23.7. The smallest absolute Gasteiger partial charge is 0.273 e. The van der Waals surface area contributed by atoms with Gasteiger partial charge in [0.05, 0.1) is 35.8 Å². The molecule has 3 heterocycles. The number of aromatic nitrogens is 2. The first-order valence-electron chi connectivity index (χ1n) is 10.1. The van der Waals surface area contributed by atoms with Gasteiger partial charge in [0, 0.05) is 30.3 Å². The fourth-order valence-corrected chi connectivity index (χ4v) is 3.61. The van der Waals surface area contributed by atoms with Crippen molar-refractivity contribution in [1.29, 1.82) is 0 Å². The predicted octanol–water partition coefficient (Wildman–Crippen LogP) is 3.04. The number of H-pyrrole nitrogens is 1. The minimum atomic E-state index is -1.07. The number of amides is 1. The number of nitrogens with one attached hydrogen (secondary N) is 2. The van der Waals surface area contributed by atoms with E-state index in [9.17, 15) is 22.4 Å². The van der Waals surface area contributed by atoms with E-state index in [0.717, 1.165) is 29.4 Å². The molecule has 1 fully saturated rings. The fraction of sp³-hybridized carbons (Fsp3) is 0.238. The maximum Gasteiger partial charge on any atom is 0.273 e. The highest BCUT2D eigenvalue weighted by atomic mass is 19.2. The molecule has 0 aliphatic carbocycles. The number of aromatic amines is 1. The van der Waals surface area contributed by atoms with Crippen LogP contribution < -0.4 is 26.8 Å². The van der Waals surface area contributed by atoms with E-state index >= 15 is 0 Å². The molecule has 8 nitrogen and oxygen atoms in total. The second-order valence-electron chi connectivity index (χ2n) is 7.64. The maximum atomic E-state index is 14.6. The number of carbonyl (C=O) groups excluding carboxylic acids is 1. The standard InChI is InChI=1S/C21H21F4N7O/c22-11-2-1-3-31(9-11)20-16(25)4-12(7-29-20)32(27)10-17(26)21(33)30-19-8-28-18-6-15(24)14(23)5-13(18)19/h4-8,10-11,28H,1-3,9,26-27H2,(H,30,33)/b17-10-.